The molecule has 31 heavy (non-hydrogen) atoms. The van der Waals surface area contributed by atoms with Crippen LogP contribution in [0.25, 0.3) is 21.9 Å². The summed E-state index contributed by atoms with van der Waals surface area (Å²) in [6, 6.07) is 13.5. The van der Waals surface area contributed by atoms with Crippen LogP contribution in [0.5, 0.6) is 5.75 Å². The van der Waals surface area contributed by atoms with Crippen molar-refractivity contribution in [2.75, 3.05) is 13.2 Å². The van der Waals surface area contributed by atoms with Gasteiger partial charge in [-0.05, 0) is 51.1 Å². The summed E-state index contributed by atoms with van der Waals surface area (Å²) < 4.78 is 15.1. The summed E-state index contributed by atoms with van der Waals surface area (Å²) in [5, 5.41) is 11.4. The summed E-state index contributed by atoms with van der Waals surface area (Å²) in [4.78, 5) is 17.0. The van der Waals surface area contributed by atoms with Crippen molar-refractivity contribution in [2.45, 2.75) is 33.4 Å². The molecule has 0 unspecified atom stereocenters. The molecule has 1 atom stereocenters. The molecule has 2 aromatic carbocycles. The Kier molecular flexibility index (Phi) is 5.69. The van der Waals surface area contributed by atoms with Crippen molar-refractivity contribution in [3.63, 3.8) is 0 Å². The summed E-state index contributed by atoms with van der Waals surface area (Å²) in [7, 11) is 1.92. The van der Waals surface area contributed by atoms with Crippen LogP contribution in [0, 0.1) is 13.8 Å². The highest BCUT2D eigenvalue weighted by molar-refractivity contribution is 6.06. The van der Waals surface area contributed by atoms with E-state index < -0.39 is 6.10 Å². The van der Waals surface area contributed by atoms with Gasteiger partial charge in [-0.2, -0.15) is 0 Å². The number of hydrogen-bond acceptors (Lipinski definition) is 5. The average Bonchev–Trinajstić information content (AvgIpc) is 3.20. The molecule has 0 saturated carbocycles. The molecule has 0 aliphatic heterocycles. The number of aryl methyl sites for hydroxylation is 2. The largest absolute Gasteiger partial charge is 0.491 e. The van der Waals surface area contributed by atoms with E-state index in [2.05, 4.69) is 4.98 Å². The minimum atomic E-state index is -0.714. The first-order chi connectivity index (χ1) is 14.9. The van der Waals surface area contributed by atoms with Gasteiger partial charge >= 0.3 is 5.97 Å². The van der Waals surface area contributed by atoms with Gasteiger partial charge in [0.15, 0.2) is 0 Å². The van der Waals surface area contributed by atoms with Gasteiger partial charge in [-0.15, -0.1) is 0 Å². The van der Waals surface area contributed by atoms with E-state index in [0.29, 0.717) is 24.5 Å². The van der Waals surface area contributed by atoms with Crippen LogP contribution in [0.15, 0.2) is 42.5 Å². The Morgan fingerprint density at radius 2 is 1.94 bits per heavy atom. The van der Waals surface area contributed by atoms with E-state index in [0.717, 1.165) is 33.5 Å². The smallest absolute Gasteiger partial charge is 0.340 e. The van der Waals surface area contributed by atoms with E-state index >= 15 is 0 Å². The second-order valence-electron chi connectivity index (χ2n) is 7.64. The van der Waals surface area contributed by atoms with Gasteiger partial charge < -0.3 is 23.7 Å². The average molecular weight is 421 g/mol. The van der Waals surface area contributed by atoms with Crippen LogP contribution < -0.4 is 4.74 Å². The summed E-state index contributed by atoms with van der Waals surface area (Å²) in [6.07, 6.45) is -0.714. The molecule has 0 spiro atoms. The molecule has 7 nitrogen and oxygen atoms in total. The van der Waals surface area contributed by atoms with Gasteiger partial charge in [-0.3, -0.25) is 0 Å². The molecule has 0 saturated heterocycles. The highest BCUT2D eigenvalue weighted by Gasteiger charge is 2.20. The quantitative estimate of drug-likeness (QED) is 0.460. The molecule has 4 rings (SSSR count). The van der Waals surface area contributed by atoms with Gasteiger partial charge in [-0.1, -0.05) is 12.1 Å². The Bertz CT molecular complexity index is 1250. The molecule has 0 radical (unpaired) electrons. The fraction of sp³-hybridized carbons (Fsp3) is 0.333. The zero-order chi connectivity index (χ0) is 22.1. The summed E-state index contributed by atoms with van der Waals surface area (Å²) in [5.74, 6) is 1.10. The molecule has 0 fully saturated rings. The number of aromatic nitrogens is 3. The molecule has 0 aliphatic rings. The molecule has 162 valence electrons. The number of para-hydroxylation sites is 2. The van der Waals surface area contributed by atoms with Gasteiger partial charge in [-0.25, -0.2) is 9.78 Å². The fourth-order valence-electron chi connectivity index (χ4n) is 3.98. The minimum Gasteiger partial charge on any atom is -0.491 e. The molecule has 0 amide bonds. The zero-order valence-corrected chi connectivity index (χ0v) is 18.3. The van der Waals surface area contributed by atoms with Gasteiger partial charge in [0.25, 0.3) is 0 Å². The number of fused-ring (bicyclic) bond motifs is 2. The number of benzene rings is 2. The van der Waals surface area contributed by atoms with Gasteiger partial charge in [0.1, 0.15) is 24.3 Å². The molecule has 4 aromatic rings. The monoisotopic (exact) mass is 421 g/mol. The van der Waals surface area contributed by atoms with Crippen molar-refractivity contribution in [1.29, 1.82) is 0 Å². The lowest BCUT2D eigenvalue weighted by Gasteiger charge is -2.15. The lowest BCUT2D eigenvalue weighted by atomic mass is 10.1. The van der Waals surface area contributed by atoms with Crippen molar-refractivity contribution in [3.05, 3.63) is 59.5 Å². The normalized spacial score (nSPS) is 12.4. The number of esters is 1. The van der Waals surface area contributed by atoms with Crippen molar-refractivity contribution < 1.29 is 19.4 Å². The number of carbonyl (C=O) groups excluding carboxylic acids is 1. The molecule has 2 aromatic heterocycles. The Labute approximate surface area is 180 Å². The first-order valence-corrected chi connectivity index (χ1v) is 10.4. The summed E-state index contributed by atoms with van der Waals surface area (Å²) >= 11 is 0. The number of imidazole rings is 1. The summed E-state index contributed by atoms with van der Waals surface area (Å²) in [5.41, 5.74) is 4.21. The Morgan fingerprint density at radius 3 is 2.71 bits per heavy atom. The maximum Gasteiger partial charge on any atom is 0.340 e. The highest BCUT2D eigenvalue weighted by atomic mass is 16.5. The molecule has 0 aliphatic carbocycles. The minimum absolute atomic E-state index is 0.123. The molecule has 7 heteroatoms. The number of rotatable bonds is 7. The first-order valence-electron chi connectivity index (χ1n) is 10.4. The van der Waals surface area contributed by atoms with Crippen LogP contribution >= 0.6 is 0 Å². The molecular weight excluding hydrogens is 394 g/mol. The second kappa shape index (κ2) is 8.43. The standard InChI is InChI=1S/C24H27N3O4/c1-5-30-24(29)23-15(2)26(4)21-11-10-18(12-19(21)23)31-14-17(28)13-27-16(3)25-20-8-6-7-9-22(20)27/h6-12,17,28H,5,13-14H2,1-4H3/t17-/m1/s1. The van der Waals surface area contributed by atoms with Gasteiger partial charge in [0, 0.05) is 23.6 Å². The SMILES string of the molecule is CCOC(=O)c1c(C)n(C)c2ccc(OC[C@H](O)Cn3c(C)nc4ccccc43)cc12. The maximum atomic E-state index is 12.5. The van der Waals surface area contributed by atoms with Gasteiger partial charge in [0.05, 0.1) is 29.7 Å². The predicted octanol–water partition coefficient (Wildman–Crippen LogP) is 3.76. The number of ether oxygens (including phenoxy) is 2. The van der Waals surface area contributed by atoms with Crippen molar-refractivity contribution in [3.8, 4) is 5.75 Å². The van der Waals surface area contributed by atoms with Crippen LogP contribution in [-0.2, 0) is 18.3 Å². The molecule has 0 bridgehead atoms. The van der Waals surface area contributed by atoms with Crippen molar-refractivity contribution in [1.82, 2.24) is 14.1 Å². The van der Waals surface area contributed by atoms with Crippen LogP contribution in [0.2, 0.25) is 0 Å². The lowest BCUT2D eigenvalue weighted by molar-refractivity contribution is 0.0527. The Balaban J connectivity index is 1.53. The van der Waals surface area contributed by atoms with E-state index in [1.807, 2.05) is 72.5 Å². The van der Waals surface area contributed by atoms with E-state index in [-0.39, 0.29) is 12.6 Å². The predicted molar refractivity (Wildman–Crippen MR) is 120 cm³/mol. The second-order valence-corrected chi connectivity index (χ2v) is 7.64. The van der Waals surface area contributed by atoms with E-state index in [4.69, 9.17) is 9.47 Å². The molecule has 2 heterocycles. The lowest BCUT2D eigenvalue weighted by Crippen LogP contribution is -2.24. The van der Waals surface area contributed by atoms with Crippen LogP contribution in [0.1, 0.15) is 28.8 Å². The van der Waals surface area contributed by atoms with Crippen molar-refractivity contribution in [2.24, 2.45) is 7.05 Å². The first kappa shape index (κ1) is 20.9. The summed E-state index contributed by atoms with van der Waals surface area (Å²) in [6.45, 7) is 6.44. The fourth-order valence-corrected chi connectivity index (χ4v) is 3.98. The van der Waals surface area contributed by atoms with E-state index in [9.17, 15) is 9.90 Å². The Hall–Kier alpha value is -3.32. The third-order valence-electron chi connectivity index (χ3n) is 5.62. The zero-order valence-electron chi connectivity index (χ0n) is 18.3. The van der Waals surface area contributed by atoms with Crippen molar-refractivity contribution >= 4 is 27.9 Å². The third-order valence-corrected chi connectivity index (χ3v) is 5.62. The van der Waals surface area contributed by atoms with E-state index in [1.165, 1.54) is 0 Å². The maximum absolute atomic E-state index is 12.5. The Morgan fingerprint density at radius 1 is 1.16 bits per heavy atom. The van der Waals surface area contributed by atoms with Gasteiger partial charge in [0.2, 0.25) is 0 Å². The molecule has 1 N–H and O–H groups in total. The van der Waals surface area contributed by atoms with Crippen LogP contribution in [0.4, 0.5) is 0 Å². The topological polar surface area (TPSA) is 78.5 Å². The highest BCUT2D eigenvalue weighted by Crippen LogP contribution is 2.29. The van der Waals surface area contributed by atoms with E-state index in [1.54, 1.807) is 6.92 Å². The third kappa shape index (κ3) is 3.88. The van der Waals surface area contributed by atoms with Crippen LogP contribution in [0.3, 0.4) is 0 Å². The number of carbonyl (C=O) groups is 1. The number of aliphatic hydroxyl groups is 1. The number of nitrogens with zero attached hydrogens (tertiary/aromatic N) is 3. The number of hydrogen-bond donors (Lipinski definition) is 1. The number of aliphatic hydroxyl groups excluding tert-OH is 1. The van der Waals surface area contributed by atoms with Crippen LogP contribution in [-0.4, -0.2) is 44.5 Å². The molecular formula is C24H27N3O4.